The molecule has 0 fully saturated rings. The summed E-state index contributed by atoms with van der Waals surface area (Å²) in [6, 6.07) is 16.9. The molecule has 170 valence electrons. The standard InChI is InChI=1S/C26H26N2O4S/c1-2-3-17-32-22-5-4-6-24(18-22)33(30,31)23-11-7-20(8-12-23)9-13-25(29)21-10-14-26-27-15-16-28(26)19-21/h4-8,10-12,14-16,18-19H,2-3,9,13,17H2,1H3. The Balaban J connectivity index is 1.42. The van der Waals surface area contributed by atoms with Gasteiger partial charge in [0.1, 0.15) is 11.4 Å². The fraction of sp³-hybridized carbons (Fsp3) is 0.231. The Morgan fingerprint density at radius 1 is 1.03 bits per heavy atom. The van der Waals surface area contributed by atoms with Crippen LogP contribution in [0.5, 0.6) is 5.75 Å². The Morgan fingerprint density at radius 2 is 1.85 bits per heavy atom. The second-order valence-corrected chi connectivity index (χ2v) is 9.81. The van der Waals surface area contributed by atoms with Gasteiger partial charge in [0, 0.05) is 30.6 Å². The third-order valence-electron chi connectivity index (χ3n) is 5.47. The maximum Gasteiger partial charge on any atom is 0.206 e. The van der Waals surface area contributed by atoms with E-state index in [9.17, 15) is 13.2 Å². The number of benzene rings is 2. The van der Waals surface area contributed by atoms with E-state index in [1.54, 1.807) is 73.2 Å². The van der Waals surface area contributed by atoms with E-state index in [2.05, 4.69) is 11.9 Å². The van der Waals surface area contributed by atoms with E-state index in [-0.39, 0.29) is 15.6 Å². The minimum absolute atomic E-state index is 0.0298. The van der Waals surface area contributed by atoms with Crippen LogP contribution in [0.25, 0.3) is 5.65 Å². The molecule has 0 amide bonds. The van der Waals surface area contributed by atoms with E-state index in [1.807, 2.05) is 10.5 Å². The fourth-order valence-corrected chi connectivity index (χ4v) is 4.82. The van der Waals surface area contributed by atoms with E-state index in [0.717, 1.165) is 24.1 Å². The summed E-state index contributed by atoms with van der Waals surface area (Å²) in [5.41, 5.74) is 2.32. The van der Waals surface area contributed by atoms with Crippen molar-refractivity contribution in [3.63, 3.8) is 0 Å². The maximum atomic E-state index is 13.0. The lowest BCUT2D eigenvalue weighted by atomic mass is 10.0. The summed E-state index contributed by atoms with van der Waals surface area (Å²) in [5.74, 6) is 0.579. The number of rotatable bonds is 10. The van der Waals surface area contributed by atoms with Crippen LogP contribution >= 0.6 is 0 Å². The minimum atomic E-state index is -3.65. The van der Waals surface area contributed by atoms with Gasteiger partial charge < -0.3 is 9.14 Å². The number of sulfone groups is 1. The molecule has 2 aromatic heterocycles. The first kappa shape index (κ1) is 22.7. The molecule has 4 aromatic rings. The highest BCUT2D eigenvalue weighted by atomic mass is 32.2. The summed E-state index contributed by atoms with van der Waals surface area (Å²) in [6.45, 7) is 2.63. The predicted octanol–water partition coefficient (Wildman–Crippen LogP) is 5.16. The van der Waals surface area contributed by atoms with Crippen molar-refractivity contribution in [3.8, 4) is 5.75 Å². The average Bonchev–Trinajstić information content (AvgIpc) is 3.31. The zero-order valence-corrected chi connectivity index (χ0v) is 19.3. The molecule has 0 bridgehead atoms. The summed E-state index contributed by atoms with van der Waals surface area (Å²) in [4.78, 5) is 17.2. The number of unbranched alkanes of at least 4 members (excludes halogenated alkanes) is 1. The van der Waals surface area contributed by atoms with Crippen LogP contribution in [0, 0.1) is 0 Å². The molecule has 0 atom stereocenters. The van der Waals surface area contributed by atoms with Gasteiger partial charge in [0.15, 0.2) is 5.78 Å². The summed E-state index contributed by atoms with van der Waals surface area (Å²) < 4.78 is 33.6. The van der Waals surface area contributed by atoms with Gasteiger partial charge in [-0.25, -0.2) is 13.4 Å². The molecule has 6 nitrogen and oxygen atoms in total. The van der Waals surface area contributed by atoms with Gasteiger partial charge in [0.25, 0.3) is 0 Å². The molecule has 0 aliphatic heterocycles. The Bertz CT molecular complexity index is 1360. The monoisotopic (exact) mass is 462 g/mol. The van der Waals surface area contributed by atoms with Crippen LogP contribution in [0.2, 0.25) is 0 Å². The third kappa shape index (κ3) is 5.31. The van der Waals surface area contributed by atoms with Gasteiger partial charge in [-0.15, -0.1) is 0 Å². The lowest BCUT2D eigenvalue weighted by molar-refractivity contribution is 0.0982. The largest absolute Gasteiger partial charge is 0.494 e. The van der Waals surface area contributed by atoms with Crippen LogP contribution in [0.15, 0.2) is 89.0 Å². The van der Waals surface area contributed by atoms with Crippen LogP contribution in [0.3, 0.4) is 0 Å². The fourth-order valence-electron chi connectivity index (χ4n) is 3.52. The Hall–Kier alpha value is -3.45. The van der Waals surface area contributed by atoms with Crippen LogP contribution in [-0.2, 0) is 16.3 Å². The number of fused-ring (bicyclic) bond motifs is 1. The van der Waals surface area contributed by atoms with Crippen molar-refractivity contribution in [2.24, 2.45) is 0 Å². The number of imidazole rings is 1. The number of aromatic nitrogens is 2. The van der Waals surface area contributed by atoms with Crippen molar-refractivity contribution in [2.75, 3.05) is 6.61 Å². The molecule has 0 aliphatic carbocycles. The Kier molecular flexibility index (Phi) is 6.89. The number of nitrogens with zero attached hydrogens (tertiary/aromatic N) is 2. The normalized spacial score (nSPS) is 11.5. The predicted molar refractivity (Wildman–Crippen MR) is 127 cm³/mol. The molecular formula is C26H26N2O4S. The van der Waals surface area contributed by atoms with Crippen LogP contribution < -0.4 is 4.74 Å². The van der Waals surface area contributed by atoms with Crippen molar-refractivity contribution in [2.45, 2.75) is 42.4 Å². The van der Waals surface area contributed by atoms with Gasteiger partial charge in [-0.05, 0) is 60.9 Å². The van der Waals surface area contributed by atoms with Gasteiger partial charge >= 0.3 is 0 Å². The van der Waals surface area contributed by atoms with Crippen LogP contribution in [0.4, 0.5) is 0 Å². The second kappa shape index (κ2) is 10.0. The van der Waals surface area contributed by atoms with Gasteiger partial charge in [-0.3, -0.25) is 4.79 Å². The van der Waals surface area contributed by atoms with Crippen molar-refractivity contribution in [1.29, 1.82) is 0 Å². The average molecular weight is 463 g/mol. The molecule has 0 unspecified atom stereocenters. The van der Waals surface area contributed by atoms with Gasteiger partial charge in [0.05, 0.1) is 16.4 Å². The molecular weight excluding hydrogens is 436 g/mol. The highest BCUT2D eigenvalue weighted by molar-refractivity contribution is 7.91. The van der Waals surface area contributed by atoms with E-state index in [4.69, 9.17) is 4.74 Å². The molecule has 0 spiro atoms. The molecule has 0 saturated heterocycles. The van der Waals surface area contributed by atoms with Gasteiger partial charge in [0.2, 0.25) is 9.84 Å². The number of hydrogen-bond acceptors (Lipinski definition) is 5. The summed E-state index contributed by atoms with van der Waals surface area (Å²) >= 11 is 0. The molecule has 0 aliphatic rings. The number of ether oxygens (including phenoxy) is 1. The molecule has 0 saturated carbocycles. The van der Waals surface area contributed by atoms with E-state index >= 15 is 0 Å². The van der Waals surface area contributed by atoms with E-state index < -0.39 is 9.84 Å². The van der Waals surface area contributed by atoms with Crippen molar-refractivity contribution >= 4 is 21.3 Å². The summed E-state index contributed by atoms with van der Waals surface area (Å²) in [5, 5.41) is 0. The molecule has 0 N–H and O–H groups in total. The van der Waals surface area contributed by atoms with Crippen LogP contribution in [-0.4, -0.2) is 30.2 Å². The number of carbonyl (C=O) groups is 1. The molecule has 4 rings (SSSR count). The summed E-state index contributed by atoms with van der Waals surface area (Å²) in [7, 11) is -3.65. The first-order valence-corrected chi connectivity index (χ1v) is 12.5. The zero-order chi connectivity index (χ0) is 23.3. The lowest BCUT2D eigenvalue weighted by Gasteiger charge is -2.09. The number of aryl methyl sites for hydroxylation is 1. The number of carbonyl (C=O) groups excluding carboxylic acids is 1. The van der Waals surface area contributed by atoms with Crippen LogP contribution in [0.1, 0.15) is 42.1 Å². The quantitative estimate of drug-likeness (QED) is 0.240. The topological polar surface area (TPSA) is 77.7 Å². The van der Waals surface area contributed by atoms with Crippen molar-refractivity contribution < 1.29 is 17.9 Å². The van der Waals surface area contributed by atoms with Gasteiger partial charge in [-0.1, -0.05) is 31.5 Å². The Labute approximate surface area is 193 Å². The molecule has 2 aromatic carbocycles. The number of pyridine rings is 1. The van der Waals surface area contributed by atoms with E-state index in [1.165, 1.54) is 0 Å². The SMILES string of the molecule is CCCCOc1cccc(S(=O)(=O)c2ccc(CCC(=O)c3ccc4nccn4c3)cc2)c1. The highest BCUT2D eigenvalue weighted by Crippen LogP contribution is 2.25. The number of ketones is 1. The minimum Gasteiger partial charge on any atom is -0.494 e. The third-order valence-corrected chi connectivity index (χ3v) is 7.23. The number of Topliss-reactive ketones (excluding diaryl/α,β-unsaturated/α-hetero) is 1. The van der Waals surface area contributed by atoms with Gasteiger partial charge in [-0.2, -0.15) is 0 Å². The molecule has 0 radical (unpaired) electrons. The van der Waals surface area contributed by atoms with E-state index in [0.29, 0.717) is 30.8 Å². The lowest BCUT2D eigenvalue weighted by Crippen LogP contribution is -2.05. The number of hydrogen-bond donors (Lipinski definition) is 0. The Morgan fingerprint density at radius 3 is 2.64 bits per heavy atom. The smallest absolute Gasteiger partial charge is 0.206 e. The first-order chi connectivity index (χ1) is 16.0. The highest BCUT2D eigenvalue weighted by Gasteiger charge is 2.18. The van der Waals surface area contributed by atoms with Crippen molar-refractivity contribution in [3.05, 3.63) is 90.4 Å². The molecule has 7 heteroatoms. The molecule has 2 heterocycles. The van der Waals surface area contributed by atoms with Crippen molar-refractivity contribution in [1.82, 2.24) is 9.38 Å². The first-order valence-electron chi connectivity index (χ1n) is 11.0. The molecule has 33 heavy (non-hydrogen) atoms. The zero-order valence-electron chi connectivity index (χ0n) is 18.5. The summed E-state index contributed by atoms with van der Waals surface area (Å²) in [6.07, 6.45) is 8.06. The maximum absolute atomic E-state index is 13.0. The second-order valence-electron chi connectivity index (χ2n) is 7.86.